The van der Waals surface area contributed by atoms with Gasteiger partial charge in [0.1, 0.15) is 5.75 Å². The van der Waals surface area contributed by atoms with E-state index in [1.165, 1.54) is 23.9 Å². The molecule has 0 atom stereocenters. The number of hydrogen-bond acceptors (Lipinski definition) is 4. The van der Waals surface area contributed by atoms with Crippen LogP contribution in [-0.4, -0.2) is 10.0 Å². The third kappa shape index (κ3) is 2.94. The number of phenolic OH excluding ortho intramolecular Hbond substituents is 1. The number of aromatic hydroxyl groups is 1. The number of halogens is 1. The standard InChI is InChI=1S/C12H8ClNO3S/c13-8-1-4-10(5-2-8)18-12-6-3-9(14(16)17)7-11(12)15/h1-7,15H. The predicted octanol–water partition coefficient (Wildman–Crippen LogP) is 4.11. The van der Waals surface area contributed by atoms with Crippen LogP contribution >= 0.6 is 23.4 Å². The van der Waals surface area contributed by atoms with Crippen LogP contribution in [0.3, 0.4) is 0 Å². The Morgan fingerprint density at radius 1 is 1.17 bits per heavy atom. The Labute approximate surface area is 112 Å². The second-order valence-electron chi connectivity index (χ2n) is 3.47. The minimum atomic E-state index is -0.545. The second kappa shape index (κ2) is 5.29. The summed E-state index contributed by atoms with van der Waals surface area (Å²) in [5.74, 6) is -0.107. The van der Waals surface area contributed by atoms with Gasteiger partial charge in [0, 0.05) is 16.0 Å². The number of nitro benzene ring substituents is 1. The molecule has 0 spiro atoms. The van der Waals surface area contributed by atoms with Gasteiger partial charge in [-0.05, 0) is 30.3 Å². The zero-order valence-electron chi connectivity index (χ0n) is 9.04. The van der Waals surface area contributed by atoms with Crippen LogP contribution in [0.25, 0.3) is 0 Å². The third-order valence-electron chi connectivity index (χ3n) is 2.19. The van der Waals surface area contributed by atoms with Gasteiger partial charge in [-0.25, -0.2) is 0 Å². The van der Waals surface area contributed by atoms with E-state index in [9.17, 15) is 15.2 Å². The van der Waals surface area contributed by atoms with E-state index in [0.29, 0.717) is 9.92 Å². The molecule has 0 aliphatic carbocycles. The molecule has 0 aromatic heterocycles. The molecule has 0 fully saturated rings. The molecule has 0 radical (unpaired) electrons. The van der Waals surface area contributed by atoms with Crippen molar-refractivity contribution in [2.45, 2.75) is 9.79 Å². The first-order valence-electron chi connectivity index (χ1n) is 4.97. The minimum Gasteiger partial charge on any atom is -0.507 e. The first kappa shape index (κ1) is 12.7. The van der Waals surface area contributed by atoms with Crippen LogP contribution in [0.1, 0.15) is 0 Å². The van der Waals surface area contributed by atoms with Crippen molar-refractivity contribution in [3.05, 3.63) is 57.6 Å². The summed E-state index contributed by atoms with van der Waals surface area (Å²) in [6.07, 6.45) is 0. The number of hydrogen-bond donors (Lipinski definition) is 1. The van der Waals surface area contributed by atoms with Gasteiger partial charge in [-0.1, -0.05) is 23.4 Å². The Morgan fingerprint density at radius 2 is 1.83 bits per heavy atom. The van der Waals surface area contributed by atoms with Crippen LogP contribution in [0.2, 0.25) is 5.02 Å². The van der Waals surface area contributed by atoms with Crippen molar-refractivity contribution in [3.63, 3.8) is 0 Å². The topological polar surface area (TPSA) is 63.4 Å². The fourth-order valence-electron chi connectivity index (χ4n) is 1.34. The van der Waals surface area contributed by atoms with Crippen molar-refractivity contribution < 1.29 is 10.0 Å². The maximum Gasteiger partial charge on any atom is 0.273 e. The van der Waals surface area contributed by atoms with E-state index in [1.807, 2.05) is 12.1 Å². The highest BCUT2D eigenvalue weighted by atomic mass is 35.5. The van der Waals surface area contributed by atoms with E-state index in [2.05, 4.69) is 0 Å². The fourth-order valence-corrected chi connectivity index (χ4v) is 2.29. The Morgan fingerprint density at radius 3 is 2.39 bits per heavy atom. The molecule has 2 rings (SSSR count). The highest BCUT2D eigenvalue weighted by Gasteiger charge is 2.10. The lowest BCUT2D eigenvalue weighted by atomic mass is 10.3. The van der Waals surface area contributed by atoms with E-state index in [-0.39, 0.29) is 11.4 Å². The fraction of sp³-hybridized carbons (Fsp3) is 0. The molecule has 4 nitrogen and oxygen atoms in total. The van der Waals surface area contributed by atoms with E-state index in [1.54, 1.807) is 12.1 Å². The lowest BCUT2D eigenvalue weighted by Gasteiger charge is -2.04. The number of nitrogens with zero attached hydrogens (tertiary/aromatic N) is 1. The van der Waals surface area contributed by atoms with Crippen LogP contribution in [0, 0.1) is 10.1 Å². The van der Waals surface area contributed by atoms with Crippen molar-refractivity contribution in [3.8, 4) is 5.75 Å². The zero-order valence-corrected chi connectivity index (χ0v) is 10.6. The smallest absolute Gasteiger partial charge is 0.273 e. The SMILES string of the molecule is O=[N+]([O-])c1ccc(Sc2ccc(Cl)cc2)c(O)c1. The average molecular weight is 282 g/mol. The second-order valence-corrected chi connectivity index (χ2v) is 5.02. The normalized spacial score (nSPS) is 10.3. The van der Waals surface area contributed by atoms with Crippen molar-refractivity contribution in [1.29, 1.82) is 0 Å². The van der Waals surface area contributed by atoms with Gasteiger partial charge in [-0.2, -0.15) is 0 Å². The van der Waals surface area contributed by atoms with E-state index in [0.717, 1.165) is 11.0 Å². The van der Waals surface area contributed by atoms with Crippen LogP contribution < -0.4 is 0 Å². The first-order valence-corrected chi connectivity index (χ1v) is 6.16. The maximum atomic E-state index is 10.5. The van der Waals surface area contributed by atoms with Gasteiger partial charge in [-0.3, -0.25) is 10.1 Å². The molecule has 0 aliphatic heterocycles. The van der Waals surface area contributed by atoms with Gasteiger partial charge in [0.05, 0.1) is 15.9 Å². The quantitative estimate of drug-likeness (QED) is 0.679. The summed E-state index contributed by atoms with van der Waals surface area (Å²) in [4.78, 5) is 11.4. The number of rotatable bonds is 3. The molecule has 0 unspecified atom stereocenters. The number of phenols is 1. The third-order valence-corrected chi connectivity index (χ3v) is 3.52. The van der Waals surface area contributed by atoms with Crippen molar-refractivity contribution >= 4 is 29.1 Å². The van der Waals surface area contributed by atoms with Crippen molar-refractivity contribution in [2.24, 2.45) is 0 Å². The molecular weight excluding hydrogens is 274 g/mol. The minimum absolute atomic E-state index is 0.107. The molecule has 6 heteroatoms. The van der Waals surface area contributed by atoms with Crippen LogP contribution in [0.4, 0.5) is 5.69 Å². The highest BCUT2D eigenvalue weighted by Crippen LogP contribution is 2.36. The number of benzene rings is 2. The summed E-state index contributed by atoms with van der Waals surface area (Å²) in [6, 6.07) is 11.1. The summed E-state index contributed by atoms with van der Waals surface area (Å²) in [7, 11) is 0. The molecule has 18 heavy (non-hydrogen) atoms. The predicted molar refractivity (Wildman–Crippen MR) is 70.3 cm³/mol. The molecule has 92 valence electrons. The zero-order chi connectivity index (χ0) is 13.1. The Bertz CT molecular complexity index is 586. The van der Waals surface area contributed by atoms with Crippen molar-refractivity contribution in [2.75, 3.05) is 0 Å². The number of non-ortho nitro benzene ring substituents is 1. The molecule has 2 aromatic carbocycles. The summed E-state index contributed by atoms with van der Waals surface area (Å²) >= 11 is 7.08. The van der Waals surface area contributed by atoms with Crippen LogP contribution in [0.15, 0.2) is 52.3 Å². The lowest BCUT2D eigenvalue weighted by molar-refractivity contribution is -0.385. The van der Waals surface area contributed by atoms with Gasteiger partial charge < -0.3 is 5.11 Å². The lowest BCUT2D eigenvalue weighted by Crippen LogP contribution is -1.87. The molecule has 0 heterocycles. The Balaban J connectivity index is 2.24. The van der Waals surface area contributed by atoms with E-state index < -0.39 is 4.92 Å². The summed E-state index contributed by atoms with van der Waals surface area (Å²) in [6.45, 7) is 0. The molecular formula is C12H8ClNO3S. The molecule has 0 amide bonds. The monoisotopic (exact) mass is 281 g/mol. The van der Waals surface area contributed by atoms with Crippen LogP contribution in [-0.2, 0) is 0 Å². The van der Waals surface area contributed by atoms with E-state index >= 15 is 0 Å². The number of nitro groups is 1. The average Bonchev–Trinajstić information content (AvgIpc) is 2.34. The Kier molecular flexibility index (Phi) is 3.74. The molecule has 0 saturated carbocycles. The van der Waals surface area contributed by atoms with Crippen LogP contribution in [0.5, 0.6) is 5.75 Å². The Hall–Kier alpha value is -1.72. The van der Waals surface area contributed by atoms with Gasteiger partial charge in [0.2, 0.25) is 0 Å². The van der Waals surface area contributed by atoms with Gasteiger partial charge in [0.15, 0.2) is 0 Å². The van der Waals surface area contributed by atoms with Gasteiger partial charge >= 0.3 is 0 Å². The summed E-state index contributed by atoms with van der Waals surface area (Å²) < 4.78 is 0. The summed E-state index contributed by atoms with van der Waals surface area (Å²) in [5, 5.41) is 20.9. The van der Waals surface area contributed by atoms with E-state index in [4.69, 9.17) is 11.6 Å². The largest absolute Gasteiger partial charge is 0.507 e. The highest BCUT2D eigenvalue weighted by molar-refractivity contribution is 7.99. The molecule has 0 aliphatic rings. The molecule has 2 aromatic rings. The van der Waals surface area contributed by atoms with Gasteiger partial charge in [-0.15, -0.1) is 0 Å². The van der Waals surface area contributed by atoms with Gasteiger partial charge in [0.25, 0.3) is 5.69 Å². The molecule has 0 bridgehead atoms. The molecule has 1 N–H and O–H groups in total. The maximum absolute atomic E-state index is 10.5. The summed E-state index contributed by atoms with van der Waals surface area (Å²) in [5.41, 5.74) is -0.132. The van der Waals surface area contributed by atoms with Crippen molar-refractivity contribution in [1.82, 2.24) is 0 Å². The first-order chi connectivity index (χ1) is 8.56. The molecule has 0 saturated heterocycles.